The first-order valence-corrected chi connectivity index (χ1v) is 11.1. The van der Waals surface area contributed by atoms with Crippen molar-refractivity contribution in [3.63, 3.8) is 0 Å². The van der Waals surface area contributed by atoms with Crippen LogP contribution < -0.4 is 0 Å². The fourth-order valence-corrected chi connectivity index (χ4v) is 4.60. The van der Waals surface area contributed by atoms with E-state index < -0.39 is 52.2 Å². The van der Waals surface area contributed by atoms with Crippen LogP contribution in [0.1, 0.15) is 51.4 Å². The van der Waals surface area contributed by atoms with Gasteiger partial charge in [-0.3, -0.25) is 9.35 Å². The van der Waals surface area contributed by atoms with Crippen LogP contribution >= 0.6 is 0 Å². The lowest BCUT2D eigenvalue weighted by Crippen LogP contribution is -2.56. The third-order valence-electron chi connectivity index (χ3n) is 5.65. The number of rotatable bonds is 10. The molecule has 2 rings (SSSR count). The normalized spacial score (nSPS) is 28.8. The van der Waals surface area contributed by atoms with Gasteiger partial charge in [0.05, 0.1) is 12.2 Å². The maximum Gasteiger partial charge on any atom is 0.428 e. The third kappa shape index (κ3) is 6.28. The average molecular weight is 462 g/mol. The lowest BCUT2D eigenvalue weighted by Gasteiger charge is -2.45. The van der Waals surface area contributed by atoms with Crippen LogP contribution in [0.25, 0.3) is 0 Å². The molecule has 0 aromatic heterocycles. The van der Waals surface area contributed by atoms with E-state index in [9.17, 15) is 32.2 Å². The van der Waals surface area contributed by atoms with Crippen molar-refractivity contribution in [1.29, 1.82) is 0 Å². The zero-order valence-electron chi connectivity index (χ0n) is 16.2. The van der Waals surface area contributed by atoms with Crippen LogP contribution in [0.3, 0.4) is 0 Å². The number of ether oxygens (including phenoxy) is 2. The summed E-state index contributed by atoms with van der Waals surface area (Å²) in [5, 5.41) is 32.8. The Morgan fingerprint density at radius 1 is 1.23 bits per heavy atom. The Bertz CT molecular complexity index is 713. The van der Waals surface area contributed by atoms with Gasteiger partial charge in [0.15, 0.2) is 0 Å². The Labute approximate surface area is 172 Å². The van der Waals surface area contributed by atoms with Crippen molar-refractivity contribution in [2.24, 2.45) is 11.8 Å². The molecule has 2 fully saturated rings. The molecule has 13 heteroatoms. The molecule has 4 atom stereocenters. The quantitative estimate of drug-likeness (QED) is 0.171. The predicted octanol–water partition coefficient (Wildman–Crippen LogP) is 0.138. The van der Waals surface area contributed by atoms with Crippen LogP contribution in [-0.4, -0.2) is 75.5 Å². The highest BCUT2D eigenvalue weighted by Crippen LogP contribution is 2.46. The van der Waals surface area contributed by atoms with E-state index in [2.05, 4.69) is 4.74 Å². The van der Waals surface area contributed by atoms with Crippen LogP contribution in [0.5, 0.6) is 0 Å². The Balaban J connectivity index is 1.71. The van der Waals surface area contributed by atoms with Crippen molar-refractivity contribution in [2.45, 2.75) is 74.3 Å². The number of carbonyl (C=O) groups is 1. The minimum Gasteiger partial charge on any atom is -0.463 e. The van der Waals surface area contributed by atoms with E-state index in [1.165, 1.54) is 0 Å². The summed E-state index contributed by atoms with van der Waals surface area (Å²) in [6.45, 7) is -2.06. The van der Waals surface area contributed by atoms with E-state index in [-0.39, 0.29) is 12.3 Å². The number of aliphatic hydroxyl groups excluding tert-OH is 1. The van der Waals surface area contributed by atoms with Crippen molar-refractivity contribution in [3.05, 3.63) is 0 Å². The highest BCUT2D eigenvalue weighted by Gasteiger charge is 2.63. The maximum atomic E-state index is 13.4. The second-order valence-corrected chi connectivity index (χ2v) is 9.80. The van der Waals surface area contributed by atoms with E-state index in [1.807, 2.05) is 0 Å². The van der Waals surface area contributed by atoms with Crippen molar-refractivity contribution in [3.8, 4) is 0 Å². The van der Waals surface area contributed by atoms with Gasteiger partial charge in [-0.05, 0) is 43.9 Å². The van der Waals surface area contributed by atoms with E-state index in [0.29, 0.717) is 18.8 Å². The average Bonchev–Trinajstić information content (AvgIpc) is 2.61. The van der Waals surface area contributed by atoms with Crippen molar-refractivity contribution in [1.82, 2.24) is 0 Å². The molecule has 0 radical (unpaired) electrons. The summed E-state index contributed by atoms with van der Waals surface area (Å²) in [5.41, 5.74) is -0.675. The highest BCUT2D eigenvalue weighted by molar-refractivity contribution is 7.86. The molecule has 176 valence electrons. The number of aliphatic hydroxyl groups is 4. The van der Waals surface area contributed by atoms with Gasteiger partial charge in [-0.15, -0.1) is 0 Å². The fourth-order valence-electron chi connectivity index (χ4n) is 4.24. The molecule has 10 nitrogen and oxygen atoms in total. The first-order chi connectivity index (χ1) is 13.7. The van der Waals surface area contributed by atoms with Crippen LogP contribution in [-0.2, 0) is 24.4 Å². The molecular formula is C17H28F2O10S. The van der Waals surface area contributed by atoms with Crippen LogP contribution in [0.15, 0.2) is 0 Å². The van der Waals surface area contributed by atoms with Crippen molar-refractivity contribution < 1.29 is 56.4 Å². The molecule has 0 amide bonds. The first kappa shape index (κ1) is 25.3. The van der Waals surface area contributed by atoms with Gasteiger partial charge in [0.1, 0.15) is 12.7 Å². The molecule has 2 bridgehead atoms. The molecule has 2 aliphatic rings. The highest BCUT2D eigenvalue weighted by atomic mass is 32.2. The predicted molar refractivity (Wildman–Crippen MR) is 95.4 cm³/mol. The molecule has 0 aromatic carbocycles. The Hall–Kier alpha value is -0.960. The molecule has 0 aromatic rings. The molecule has 0 saturated heterocycles. The maximum absolute atomic E-state index is 13.4. The van der Waals surface area contributed by atoms with Gasteiger partial charge in [0.25, 0.3) is 0 Å². The summed E-state index contributed by atoms with van der Waals surface area (Å²) in [6, 6.07) is 0. The van der Waals surface area contributed by atoms with Crippen LogP contribution in [0.2, 0.25) is 0 Å². The lowest BCUT2D eigenvalue weighted by atomic mass is 9.64. The topological polar surface area (TPSA) is 171 Å². The van der Waals surface area contributed by atoms with Gasteiger partial charge in [-0.1, -0.05) is 12.8 Å². The number of hydrogen-bond acceptors (Lipinski definition) is 9. The molecule has 4 unspecified atom stereocenters. The molecule has 2 saturated carbocycles. The second kappa shape index (κ2) is 9.27. The van der Waals surface area contributed by atoms with Crippen LogP contribution in [0.4, 0.5) is 8.78 Å². The number of esters is 1. The van der Waals surface area contributed by atoms with Gasteiger partial charge >= 0.3 is 27.3 Å². The van der Waals surface area contributed by atoms with Crippen LogP contribution in [0, 0.1) is 11.8 Å². The van der Waals surface area contributed by atoms with Gasteiger partial charge in [0.2, 0.25) is 0 Å². The zero-order chi connectivity index (χ0) is 22.8. The minimum absolute atomic E-state index is 0.0103. The molecule has 0 heterocycles. The Kier molecular flexibility index (Phi) is 7.81. The smallest absolute Gasteiger partial charge is 0.428 e. The van der Waals surface area contributed by atoms with Gasteiger partial charge in [-0.25, -0.2) is 0 Å². The number of fused-ring (bicyclic) bond motifs is 2. The monoisotopic (exact) mass is 462 g/mol. The molecule has 30 heavy (non-hydrogen) atoms. The standard InChI is InChI=1S/C17H28F2O10S/c18-16(19,17(23,24)30(25,26)27)29-10-13(20)9-28-14(21)4-3-12-6-11-2-1-5-15(22,7-11)8-12/h11-13,20,22-24H,1-10H2,(H,25,26,27). The summed E-state index contributed by atoms with van der Waals surface area (Å²) < 4.78 is 64.9. The largest absolute Gasteiger partial charge is 0.463 e. The van der Waals surface area contributed by atoms with E-state index in [4.69, 9.17) is 19.5 Å². The van der Waals surface area contributed by atoms with Crippen molar-refractivity contribution in [2.75, 3.05) is 13.2 Å². The molecule has 5 N–H and O–H groups in total. The van der Waals surface area contributed by atoms with E-state index in [1.54, 1.807) is 0 Å². The molecule has 0 spiro atoms. The van der Waals surface area contributed by atoms with E-state index >= 15 is 0 Å². The summed E-state index contributed by atoms with van der Waals surface area (Å²) in [7, 11) is -6.01. The number of carbonyl (C=O) groups excluding carboxylic acids is 1. The lowest BCUT2D eigenvalue weighted by molar-refractivity contribution is -0.365. The third-order valence-corrected chi connectivity index (χ3v) is 6.60. The minimum atomic E-state index is -6.01. The first-order valence-electron chi connectivity index (χ1n) is 9.65. The zero-order valence-corrected chi connectivity index (χ0v) is 17.1. The van der Waals surface area contributed by atoms with Gasteiger partial charge in [0, 0.05) is 6.42 Å². The molecular weight excluding hydrogens is 434 g/mol. The SMILES string of the molecule is O=C(CCC1CC2CCCC(O)(C2)C1)OCC(O)COC(F)(F)C(O)(O)S(=O)(=O)O. The Morgan fingerprint density at radius 3 is 2.50 bits per heavy atom. The summed E-state index contributed by atoms with van der Waals surface area (Å²) in [6.07, 6.45) is -1.37. The number of alkyl halides is 2. The summed E-state index contributed by atoms with van der Waals surface area (Å²) in [4.78, 5) is 11.8. The summed E-state index contributed by atoms with van der Waals surface area (Å²) >= 11 is 0. The fraction of sp³-hybridized carbons (Fsp3) is 0.941. The molecule has 2 aliphatic carbocycles. The molecule has 0 aliphatic heterocycles. The van der Waals surface area contributed by atoms with Gasteiger partial charge < -0.3 is 29.9 Å². The summed E-state index contributed by atoms with van der Waals surface area (Å²) in [5.74, 6) is -0.0941. The second-order valence-electron chi connectivity index (χ2n) is 8.28. The van der Waals surface area contributed by atoms with E-state index in [0.717, 1.165) is 32.1 Å². The number of halogens is 2. The number of hydrogen-bond donors (Lipinski definition) is 5. The Morgan fingerprint density at radius 2 is 1.90 bits per heavy atom. The van der Waals surface area contributed by atoms with Crippen molar-refractivity contribution >= 4 is 16.1 Å². The van der Waals surface area contributed by atoms with Gasteiger partial charge in [-0.2, -0.15) is 17.2 Å².